The molecule has 1 aromatic carbocycles. The van der Waals surface area contributed by atoms with Crippen LogP contribution in [0.4, 0.5) is 10.5 Å². The molecule has 0 fully saturated rings. The Morgan fingerprint density at radius 2 is 2.11 bits per heavy atom. The number of para-hydroxylation sites is 1. The monoisotopic (exact) mass is 248 g/mol. The fourth-order valence-corrected chi connectivity index (χ4v) is 1.68. The molecule has 1 rings (SSSR count). The highest BCUT2D eigenvalue weighted by Gasteiger charge is 2.01. The third-order valence-corrected chi connectivity index (χ3v) is 2.79. The summed E-state index contributed by atoms with van der Waals surface area (Å²) in [6.45, 7) is 8.12. The Kier molecular flexibility index (Phi) is 6.87. The van der Waals surface area contributed by atoms with Crippen LogP contribution in [0.25, 0.3) is 0 Å². The lowest BCUT2D eigenvalue weighted by molar-refractivity contribution is 0.250. The maximum absolute atomic E-state index is 11.5. The third kappa shape index (κ3) is 5.68. The van der Waals surface area contributed by atoms with Crippen LogP contribution in [0, 0.1) is 6.07 Å². The van der Waals surface area contributed by atoms with E-state index in [9.17, 15) is 4.79 Å². The average Bonchev–Trinajstić information content (AvgIpc) is 2.40. The van der Waals surface area contributed by atoms with Crippen LogP contribution >= 0.6 is 0 Å². The van der Waals surface area contributed by atoms with E-state index in [0.717, 1.165) is 26.1 Å². The number of hydrogen-bond acceptors (Lipinski definition) is 2. The summed E-state index contributed by atoms with van der Waals surface area (Å²) in [5, 5.41) is 5.58. The van der Waals surface area contributed by atoms with Gasteiger partial charge in [-0.2, -0.15) is 0 Å². The number of benzene rings is 1. The second-order valence-electron chi connectivity index (χ2n) is 4.04. The van der Waals surface area contributed by atoms with Gasteiger partial charge in [0.05, 0.1) is 5.69 Å². The van der Waals surface area contributed by atoms with Gasteiger partial charge in [0.1, 0.15) is 0 Å². The zero-order valence-corrected chi connectivity index (χ0v) is 11.2. The molecule has 0 saturated heterocycles. The van der Waals surface area contributed by atoms with Crippen molar-refractivity contribution in [2.45, 2.75) is 20.3 Å². The summed E-state index contributed by atoms with van der Waals surface area (Å²) in [5.41, 5.74) is 0.693. The summed E-state index contributed by atoms with van der Waals surface area (Å²) < 4.78 is 0. The van der Waals surface area contributed by atoms with Crippen molar-refractivity contribution in [3.63, 3.8) is 0 Å². The Balaban J connectivity index is 2.14. The number of hydrogen-bond donors (Lipinski definition) is 2. The topological polar surface area (TPSA) is 44.4 Å². The molecule has 18 heavy (non-hydrogen) atoms. The molecular weight excluding hydrogens is 226 g/mol. The van der Waals surface area contributed by atoms with Crippen LogP contribution in [0.2, 0.25) is 0 Å². The van der Waals surface area contributed by atoms with Gasteiger partial charge in [0.2, 0.25) is 0 Å². The largest absolute Gasteiger partial charge is 0.338 e. The Labute approximate surface area is 109 Å². The van der Waals surface area contributed by atoms with Crippen LogP contribution in [0.1, 0.15) is 20.3 Å². The van der Waals surface area contributed by atoms with E-state index in [1.165, 1.54) is 0 Å². The van der Waals surface area contributed by atoms with E-state index in [1.54, 1.807) is 6.07 Å². The number of carbonyl (C=O) groups is 1. The quantitative estimate of drug-likeness (QED) is 0.727. The van der Waals surface area contributed by atoms with E-state index in [0.29, 0.717) is 12.2 Å². The van der Waals surface area contributed by atoms with Crippen LogP contribution in [0.15, 0.2) is 24.3 Å². The Bertz CT molecular complexity index is 336. The number of nitrogens with zero attached hydrogens (tertiary/aromatic N) is 1. The lowest BCUT2D eigenvalue weighted by atomic mass is 10.3. The molecule has 0 saturated carbocycles. The first kappa shape index (κ1) is 14.5. The van der Waals surface area contributed by atoms with Crippen LogP contribution in [0.5, 0.6) is 0 Å². The fraction of sp³-hybridized carbons (Fsp3) is 0.500. The molecule has 0 aliphatic heterocycles. The first-order valence-corrected chi connectivity index (χ1v) is 6.50. The minimum Gasteiger partial charge on any atom is -0.338 e. The standard InChI is InChI=1S/C14H22N3O/c1-3-17(4-2)12-8-11-15-14(18)16-13-9-6-5-7-10-13/h5-7,9H,3-4,8,11-12H2,1-2H3,(H2,15,16,18). The van der Waals surface area contributed by atoms with E-state index in [4.69, 9.17) is 0 Å². The van der Waals surface area contributed by atoms with E-state index in [-0.39, 0.29) is 6.03 Å². The van der Waals surface area contributed by atoms with Crippen molar-refractivity contribution < 1.29 is 4.79 Å². The van der Waals surface area contributed by atoms with Gasteiger partial charge in [-0.15, -0.1) is 0 Å². The molecule has 0 spiro atoms. The molecule has 0 aliphatic rings. The highest BCUT2D eigenvalue weighted by atomic mass is 16.2. The number of carbonyl (C=O) groups excluding carboxylic acids is 1. The molecule has 2 N–H and O–H groups in total. The number of amides is 2. The van der Waals surface area contributed by atoms with Gasteiger partial charge in [-0.25, -0.2) is 4.79 Å². The van der Waals surface area contributed by atoms with E-state index in [2.05, 4.69) is 35.4 Å². The van der Waals surface area contributed by atoms with Gasteiger partial charge >= 0.3 is 6.03 Å². The molecular formula is C14H22N3O. The normalized spacial score (nSPS) is 10.4. The molecule has 0 aliphatic carbocycles. The van der Waals surface area contributed by atoms with Crippen molar-refractivity contribution >= 4 is 11.7 Å². The van der Waals surface area contributed by atoms with Crippen molar-refractivity contribution in [2.75, 3.05) is 31.5 Å². The highest BCUT2D eigenvalue weighted by Crippen LogP contribution is 2.02. The van der Waals surface area contributed by atoms with Gasteiger partial charge in [-0.3, -0.25) is 0 Å². The SMILES string of the molecule is CCN(CC)CCCNC(=O)Nc1[c]cccc1. The van der Waals surface area contributed by atoms with Crippen LogP contribution in [-0.4, -0.2) is 37.1 Å². The van der Waals surface area contributed by atoms with Gasteiger partial charge in [-0.05, 0) is 32.1 Å². The van der Waals surface area contributed by atoms with Crippen molar-refractivity contribution in [1.82, 2.24) is 10.2 Å². The van der Waals surface area contributed by atoms with E-state index < -0.39 is 0 Å². The van der Waals surface area contributed by atoms with Gasteiger partial charge in [0, 0.05) is 12.6 Å². The number of rotatable bonds is 7. The highest BCUT2D eigenvalue weighted by molar-refractivity contribution is 5.88. The Morgan fingerprint density at radius 1 is 1.33 bits per heavy atom. The van der Waals surface area contributed by atoms with Crippen molar-refractivity contribution in [1.29, 1.82) is 0 Å². The molecule has 0 atom stereocenters. The molecule has 1 radical (unpaired) electrons. The summed E-state index contributed by atoms with van der Waals surface area (Å²) in [6, 6.07) is 10.1. The summed E-state index contributed by atoms with van der Waals surface area (Å²) in [7, 11) is 0. The lowest BCUT2D eigenvalue weighted by Gasteiger charge is -2.17. The average molecular weight is 248 g/mol. The molecule has 99 valence electrons. The molecule has 0 bridgehead atoms. The summed E-state index contributed by atoms with van der Waals surface area (Å²) in [4.78, 5) is 13.9. The molecule has 0 unspecified atom stereocenters. The first-order valence-electron chi connectivity index (χ1n) is 6.50. The second kappa shape index (κ2) is 8.53. The predicted molar refractivity (Wildman–Crippen MR) is 74.7 cm³/mol. The van der Waals surface area contributed by atoms with Gasteiger partial charge < -0.3 is 15.5 Å². The smallest absolute Gasteiger partial charge is 0.319 e. The Morgan fingerprint density at radius 3 is 2.72 bits per heavy atom. The summed E-state index contributed by atoms with van der Waals surface area (Å²) in [6.07, 6.45) is 0.966. The molecule has 0 aromatic heterocycles. The number of nitrogens with one attached hydrogen (secondary N) is 2. The van der Waals surface area contributed by atoms with Gasteiger partial charge in [0.15, 0.2) is 0 Å². The van der Waals surface area contributed by atoms with Crippen molar-refractivity contribution in [2.24, 2.45) is 0 Å². The third-order valence-electron chi connectivity index (χ3n) is 2.79. The zero-order chi connectivity index (χ0) is 13.2. The summed E-state index contributed by atoms with van der Waals surface area (Å²) >= 11 is 0. The minimum absolute atomic E-state index is 0.169. The maximum Gasteiger partial charge on any atom is 0.319 e. The second-order valence-corrected chi connectivity index (χ2v) is 4.04. The Hall–Kier alpha value is -1.55. The van der Waals surface area contributed by atoms with Gasteiger partial charge in [-0.1, -0.05) is 32.0 Å². The number of anilines is 1. The molecule has 4 heteroatoms. The molecule has 0 heterocycles. The number of urea groups is 1. The van der Waals surface area contributed by atoms with Crippen LogP contribution < -0.4 is 10.6 Å². The van der Waals surface area contributed by atoms with Crippen LogP contribution in [-0.2, 0) is 0 Å². The zero-order valence-electron chi connectivity index (χ0n) is 11.2. The van der Waals surface area contributed by atoms with E-state index >= 15 is 0 Å². The van der Waals surface area contributed by atoms with Gasteiger partial charge in [0.25, 0.3) is 0 Å². The van der Waals surface area contributed by atoms with Crippen LogP contribution in [0.3, 0.4) is 0 Å². The minimum atomic E-state index is -0.169. The fourth-order valence-electron chi connectivity index (χ4n) is 1.68. The molecule has 2 amide bonds. The lowest BCUT2D eigenvalue weighted by Crippen LogP contribution is -2.32. The predicted octanol–water partition coefficient (Wildman–Crippen LogP) is 2.34. The van der Waals surface area contributed by atoms with E-state index in [1.807, 2.05) is 18.2 Å². The van der Waals surface area contributed by atoms with Crippen molar-refractivity contribution in [3.05, 3.63) is 30.3 Å². The maximum atomic E-state index is 11.5. The molecule has 4 nitrogen and oxygen atoms in total. The summed E-state index contributed by atoms with van der Waals surface area (Å²) in [5.74, 6) is 0. The molecule has 1 aromatic rings. The van der Waals surface area contributed by atoms with Crippen molar-refractivity contribution in [3.8, 4) is 0 Å². The first-order chi connectivity index (χ1) is 8.76.